The molecule has 2 aliphatic rings. The molecule has 4 heteroatoms. The van der Waals surface area contributed by atoms with Gasteiger partial charge in [-0.3, -0.25) is 4.79 Å². The molecule has 1 aliphatic heterocycles. The van der Waals surface area contributed by atoms with Crippen molar-refractivity contribution in [1.82, 2.24) is 10.2 Å². The molecule has 0 bridgehead atoms. The van der Waals surface area contributed by atoms with Crippen LogP contribution in [0.15, 0.2) is 24.3 Å². The van der Waals surface area contributed by atoms with Gasteiger partial charge in [-0.25, -0.2) is 0 Å². The van der Waals surface area contributed by atoms with Gasteiger partial charge >= 0.3 is 0 Å². The fourth-order valence-corrected chi connectivity index (χ4v) is 3.76. The number of likely N-dealkylation sites (tertiary alicyclic amines) is 1. The van der Waals surface area contributed by atoms with Gasteiger partial charge in [-0.1, -0.05) is 30.7 Å². The number of nitrogens with zero attached hydrogens (tertiary/aromatic N) is 1. The Morgan fingerprint density at radius 3 is 2.95 bits per heavy atom. The number of piperidine rings is 1. The van der Waals surface area contributed by atoms with Crippen LogP contribution in [0.2, 0.25) is 5.02 Å². The Morgan fingerprint density at radius 2 is 2.27 bits per heavy atom. The summed E-state index contributed by atoms with van der Waals surface area (Å²) in [7, 11) is 0. The van der Waals surface area contributed by atoms with Crippen molar-refractivity contribution >= 4 is 17.5 Å². The normalized spacial score (nSPS) is 24.0. The summed E-state index contributed by atoms with van der Waals surface area (Å²) >= 11 is 6.08. The van der Waals surface area contributed by atoms with Crippen LogP contribution in [-0.2, 0) is 10.2 Å². The highest BCUT2D eigenvalue weighted by Crippen LogP contribution is 2.48. The van der Waals surface area contributed by atoms with E-state index in [4.69, 9.17) is 11.6 Å². The first-order valence-electron chi connectivity index (χ1n) is 8.41. The molecule has 2 fully saturated rings. The van der Waals surface area contributed by atoms with Crippen LogP contribution in [0, 0.1) is 5.92 Å². The lowest BCUT2D eigenvalue weighted by Gasteiger charge is -2.32. The standard InChI is InChI=1S/C18H25ClN2O/c1-2-21-10-4-5-14(13-21)12-20-17(22)18(8-9-18)15-6-3-7-16(19)11-15/h3,6-7,11,14H,2,4-5,8-10,12-13H2,1H3,(H,20,22). The summed E-state index contributed by atoms with van der Waals surface area (Å²) < 4.78 is 0. The Labute approximate surface area is 138 Å². The van der Waals surface area contributed by atoms with E-state index in [1.807, 2.05) is 24.3 Å². The van der Waals surface area contributed by atoms with E-state index in [9.17, 15) is 4.79 Å². The quantitative estimate of drug-likeness (QED) is 0.903. The molecule has 1 saturated carbocycles. The summed E-state index contributed by atoms with van der Waals surface area (Å²) in [4.78, 5) is 15.1. The molecule has 1 aliphatic carbocycles. The number of amides is 1. The molecule has 1 atom stereocenters. The average molecular weight is 321 g/mol. The minimum absolute atomic E-state index is 0.184. The van der Waals surface area contributed by atoms with E-state index >= 15 is 0 Å². The van der Waals surface area contributed by atoms with Gasteiger partial charge in [0.15, 0.2) is 0 Å². The lowest BCUT2D eigenvalue weighted by molar-refractivity contribution is -0.123. The van der Waals surface area contributed by atoms with Crippen LogP contribution in [0.4, 0.5) is 0 Å². The van der Waals surface area contributed by atoms with Crippen LogP contribution in [-0.4, -0.2) is 37.0 Å². The third-order valence-corrected chi connectivity index (χ3v) is 5.40. The number of benzene rings is 1. The highest BCUT2D eigenvalue weighted by molar-refractivity contribution is 6.30. The molecule has 1 aromatic carbocycles. The van der Waals surface area contributed by atoms with Crippen LogP contribution in [0.25, 0.3) is 0 Å². The van der Waals surface area contributed by atoms with Crippen molar-refractivity contribution in [2.45, 2.75) is 38.0 Å². The number of hydrogen-bond acceptors (Lipinski definition) is 2. The molecule has 3 nitrogen and oxygen atoms in total. The SMILES string of the molecule is CCN1CCCC(CNC(=O)C2(c3cccc(Cl)c3)CC2)C1. The minimum Gasteiger partial charge on any atom is -0.355 e. The largest absolute Gasteiger partial charge is 0.355 e. The zero-order valence-electron chi connectivity index (χ0n) is 13.3. The van der Waals surface area contributed by atoms with Crippen molar-refractivity contribution in [3.8, 4) is 0 Å². The Hall–Kier alpha value is -1.06. The van der Waals surface area contributed by atoms with E-state index in [2.05, 4.69) is 17.1 Å². The number of nitrogens with one attached hydrogen (secondary N) is 1. The predicted octanol–water partition coefficient (Wildman–Crippen LogP) is 3.22. The maximum absolute atomic E-state index is 12.7. The van der Waals surface area contributed by atoms with Gasteiger partial charge < -0.3 is 10.2 Å². The van der Waals surface area contributed by atoms with Crippen LogP contribution in [0.3, 0.4) is 0 Å². The molecular formula is C18H25ClN2O. The second kappa shape index (κ2) is 6.59. The monoisotopic (exact) mass is 320 g/mol. The highest BCUT2D eigenvalue weighted by atomic mass is 35.5. The number of hydrogen-bond donors (Lipinski definition) is 1. The number of carbonyl (C=O) groups excluding carboxylic acids is 1. The molecule has 3 rings (SSSR count). The van der Waals surface area contributed by atoms with Gasteiger partial charge in [0, 0.05) is 18.1 Å². The van der Waals surface area contributed by atoms with Gasteiger partial charge in [0.1, 0.15) is 0 Å². The lowest BCUT2D eigenvalue weighted by atomic mass is 9.94. The molecule has 0 aromatic heterocycles. The van der Waals surface area contributed by atoms with Gasteiger partial charge in [0.25, 0.3) is 0 Å². The van der Waals surface area contributed by atoms with Gasteiger partial charge in [-0.05, 0) is 62.4 Å². The van der Waals surface area contributed by atoms with Crippen LogP contribution >= 0.6 is 11.6 Å². The molecular weight excluding hydrogens is 296 g/mol. The maximum atomic E-state index is 12.7. The zero-order chi connectivity index (χ0) is 15.6. The van der Waals surface area contributed by atoms with Crippen molar-refractivity contribution < 1.29 is 4.79 Å². The maximum Gasteiger partial charge on any atom is 0.230 e. The highest BCUT2D eigenvalue weighted by Gasteiger charge is 2.51. The van der Waals surface area contributed by atoms with E-state index in [0.29, 0.717) is 10.9 Å². The number of carbonyl (C=O) groups is 1. The van der Waals surface area contributed by atoms with Gasteiger partial charge in [-0.2, -0.15) is 0 Å². The molecule has 1 saturated heterocycles. The third-order valence-electron chi connectivity index (χ3n) is 5.16. The van der Waals surface area contributed by atoms with Crippen LogP contribution in [0.5, 0.6) is 0 Å². The van der Waals surface area contributed by atoms with Gasteiger partial charge in [-0.15, -0.1) is 0 Å². The number of rotatable bonds is 5. The van der Waals surface area contributed by atoms with E-state index in [-0.39, 0.29) is 11.3 Å². The van der Waals surface area contributed by atoms with Gasteiger partial charge in [0.2, 0.25) is 5.91 Å². The summed E-state index contributed by atoms with van der Waals surface area (Å²) in [5.41, 5.74) is 0.751. The molecule has 1 amide bonds. The van der Waals surface area contributed by atoms with Gasteiger partial charge in [0.05, 0.1) is 5.41 Å². The van der Waals surface area contributed by atoms with Crippen molar-refractivity contribution in [1.29, 1.82) is 0 Å². The summed E-state index contributed by atoms with van der Waals surface area (Å²) in [6.07, 6.45) is 4.34. The second-order valence-corrected chi connectivity index (χ2v) is 7.14. The topological polar surface area (TPSA) is 32.3 Å². The van der Waals surface area contributed by atoms with Crippen molar-refractivity contribution in [3.05, 3.63) is 34.9 Å². The van der Waals surface area contributed by atoms with Crippen molar-refractivity contribution in [2.24, 2.45) is 5.92 Å². The van der Waals surface area contributed by atoms with Crippen LogP contribution < -0.4 is 5.32 Å². The first-order valence-corrected chi connectivity index (χ1v) is 8.78. The molecule has 1 heterocycles. The van der Waals surface area contributed by atoms with E-state index in [1.54, 1.807) is 0 Å². The Morgan fingerprint density at radius 1 is 1.45 bits per heavy atom. The fraction of sp³-hybridized carbons (Fsp3) is 0.611. The fourth-order valence-electron chi connectivity index (χ4n) is 3.57. The van der Waals surface area contributed by atoms with Crippen molar-refractivity contribution in [2.75, 3.05) is 26.2 Å². The smallest absolute Gasteiger partial charge is 0.230 e. The predicted molar refractivity (Wildman–Crippen MR) is 90.2 cm³/mol. The summed E-state index contributed by atoms with van der Waals surface area (Å²) in [6, 6.07) is 7.76. The number of halogens is 1. The Kier molecular flexibility index (Phi) is 4.74. The van der Waals surface area contributed by atoms with Crippen molar-refractivity contribution in [3.63, 3.8) is 0 Å². The summed E-state index contributed by atoms with van der Waals surface area (Å²) in [5.74, 6) is 0.774. The third kappa shape index (κ3) is 3.31. The first kappa shape index (κ1) is 15.8. The molecule has 1 N–H and O–H groups in total. The van der Waals surface area contributed by atoms with E-state index in [1.165, 1.54) is 19.4 Å². The zero-order valence-corrected chi connectivity index (χ0v) is 14.0. The molecule has 0 radical (unpaired) electrons. The van der Waals surface area contributed by atoms with E-state index in [0.717, 1.165) is 38.0 Å². The summed E-state index contributed by atoms with van der Waals surface area (Å²) in [5, 5.41) is 3.92. The summed E-state index contributed by atoms with van der Waals surface area (Å²) in [6.45, 7) is 6.43. The average Bonchev–Trinajstić information content (AvgIpc) is 3.35. The Balaban J connectivity index is 1.58. The minimum atomic E-state index is -0.315. The first-order chi connectivity index (χ1) is 10.6. The molecule has 22 heavy (non-hydrogen) atoms. The van der Waals surface area contributed by atoms with E-state index < -0.39 is 0 Å². The molecule has 1 aromatic rings. The Bertz CT molecular complexity index is 542. The second-order valence-electron chi connectivity index (χ2n) is 6.70. The molecule has 0 spiro atoms. The van der Waals surface area contributed by atoms with Crippen LogP contribution in [0.1, 0.15) is 38.2 Å². The molecule has 1 unspecified atom stereocenters. The molecule has 120 valence electrons. The lowest BCUT2D eigenvalue weighted by Crippen LogP contribution is -2.43.